The third-order valence-corrected chi connectivity index (χ3v) is 4.54. The molecule has 2 aromatic heterocycles. The molecule has 1 saturated heterocycles. The van der Waals surface area contributed by atoms with Crippen molar-refractivity contribution in [3.8, 4) is 0 Å². The van der Waals surface area contributed by atoms with Crippen LogP contribution in [-0.2, 0) is 11.2 Å². The van der Waals surface area contributed by atoms with Gasteiger partial charge in [-0.25, -0.2) is 9.97 Å². The summed E-state index contributed by atoms with van der Waals surface area (Å²) in [4.78, 5) is 27.8. The standard InChI is InChI=1S/C19H25N5O/c1-13-12-14(2)22-19(21-13)24-11-5-8-17(24)16-7-4-6-15(23-16)9-10-18(25)20-3/h4,6-7,12,17H,5,8-11H2,1-3H3,(H,20,25). The smallest absolute Gasteiger partial charge is 0.226 e. The highest BCUT2D eigenvalue weighted by molar-refractivity contribution is 5.75. The highest BCUT2D eigenvalue weighted by Crippen LogP contribution is 2.33. The maximum absolute atomic E-state index is 11.5. The number of hydrogen-bond donors (Lipinski definition) is 1. The fraction of sp³-hybridized carbons (Fsp3) is 0.474. The molecule has 3 heterocycles. The molecule has 6 heteroatoms. The second-order valence-corrected chi connectivity index (χ2v) is 6.53. The molecular weight excluding hydrogens is 314 g/mol. The molecule has 0 spiro atoms. The molecule has 0 aromatic carbocycles. The average Bonchev–Trinajstić information content (AvgIpc) is 3.09. The highest BCUT2D eigenvalue weighted by atomic mass is 16.1. The van der Waals surface area contributed by atoms with Gasteiger partial charge in [0.25, 0.3) is 0 Å². The summed E-state index contributed by atoms with van der Waals surface area (Å²) in [5.74, 6) is 0.830. The van der Waals surface area contributed by atoms with Crippen molar-refractivity contribution in [2.45, 2.75) is 45.6 Å². The van der Waals surface area contributed by atoms with Crippen molar-refractivity contribution in [3.05, 3.63) is 47.0 Å². The Morgan fingerprint density at radius 2 is 2.00 bits per heavy atom. The minimum absolute atomic E-state index is 0.0401. The molecule has 1 aliphatic heterocycles. The SMILES string of the molecule is CNC(=O)CCc1cccc(C2CCCN2c2nc(C)cc(C)n2)n1. The van der Waals surface area contributed by atoms with Gasteiger partial charge in [-0.15, -0.1) is 0 Å². The van der Waals surface area contributed by atoms with Crippen molar-refractivity contribution < 1.29 is 4.79 Å². The number of hydrogen-bond acceptors (Lipinski definition) is 5. The zero-order valence-electron chi connectivity index (χ0n) is 15.1. The average molecular weight is 339 g/mol. The van der Waals surface area contributed by atoms with Crippen LogP contribution in [0.2, 0.25) is 0 Å². The van der Waals surface area contributed by atoms with E-state index in [4.69, 9.17) is 4.98 Å². The van der Waals surface area contributed by atoms with Crippen molar-refractivity contribution in [2.24, 2.45) is 0 Å². The molecule has 1 amide bonds. The monoisotopic (exact) mass is 339 g/mol. The van der Waals surface area contributed by atoms with Crippen LogP contribution in [0.5, 0.6) is 0 Å². The number of aryl methyl sites for hydroxylation is 3. The molecule has 1 atom stereocenters. The molecular formula is C19H25N5O. The molecule has 0 bridgehead atoms. The second-order valence-electron chi connectivity index (χ2n) is 6.53. The maximum Gasteiger partial charge on any atom is 0.226 e. The van der Waals surface area contributed by atoms with E-state index >= 15 is 0 Å². The minimum atomic E-state index is 0.0401. The Balaban J connectivity index is 1.81. The number of pyridine rings is 1. The largest absolute Gasteiger partial charge is 0.359 e. The summed E-state index contributed by atoms with van der Waals surface area (Å²) in [5.41, 5.74) is 3.96. The molecule has 1 aliphatic rings. The van der Waals surface area contributed by atoms with E-state index in [0.29, 0.717) is 12.8 Å². The van der Waals surface area contributed by atoms with Crippen LogP contribution in [0.1, 0.15) is 48.1 Å². The van der Waals surface area contributed by atoms with Crippen LogP contribution in [0.4, 0.5) is 5.95 Å². The molecule has 1 fully saturated rings. The van der Waals surface area contributed by atoms with E-state index in [0.717, 1.165) is 48.1 Å². The van der Waals surface area contributed by atoms with Crippen molar-refractivity contribution in [1.82, 2.24) is 20.3 Å². The van der Waals surface area contributed by atoms with Crippen LogP contribution < -0.4 is 10.2 Å². The van der Waals surface area contributed by atoms with Gasteiger partial charge in [0.2, 0.25) is 11.9 Å². The zero-order valence-corrected chi connectivity index (χ0v) is 15.1. The summed E-state index contributed by atoms with van der Waals surface area (Å²) < 4.78 is 0. The lowest BCUT2D eigenvalue weighted by Gasteiger charge is -2.25. The Morgan fingerprint density at radius 1 is 1.24 bits per heavy atom. The van der Waals surface area contributed by atoms with E-state index in [1.807, 2.05) is 32.0 Å². The molecule has 1 unspecified atom stereocenters. The van der Waals surface area contributed by atoms with Gasteiger partial charge in [0.15, 0.2) is 0 Å². The van der Waals surface area contributed by atoms with Gasteiger partial charge in [0.1, 0.15) is 0 Å². The van der Waals surface area contributed by atoms with Gasteiger partial charge in [0, 0.05) is 37.1 Å². The van der Waals surface area contributed by atoms with Gasteiger partial charge in [-0.3, -0.25) is 9.78 Å². The van der Waals surface area contributed by atoms with Gasteiger partial charge in [-0.2, -0.15) is 0 Å². The Hall–Kier alpha value is -2.50. The van der Waals surface area contributed by atoms with Crippen molar-refractivity contribution in [3.63, 3.8) is 0 Å². The fourth-order valence-electron chi connectivity index (χ4n) is 3.34. The highest BCUT2D eigenvalue weighted by Gasteiger charge is 2.29. The number of carbonyl (C=O) groups excluding carboxylic acids is 1. The molecule has 0 radical (unpaired) electrons. The topological polar surface area (TPSA) is 71.0 Å². The third-order valence-electron chi connectivity index (χ3n) is 4.54. The lowest BCUT2D eigenvalue weighted by molar-refractivity contribution is -0.120. The van der Waals surface area contributed by atoms with Gasteiger partial charge < -0.3 is 10.2 Å². The molecule has 132 valence electrons. The van der Waals surface area contributed by atoms with E-state index < -0.39 is 0 Å². The van der Waals surface area contributed by atoms with E-state index in [1.165, 1.54) is 0 Å². The van der Waals surface area contributed by atoms with E-state index in [-0.39, 0.29) is 11.9 Å². The summed E-state index contributed by atoms with van der Waals surface area (Å²) in [6, 6.07) is 8.27. The van der Waals surface area contributed by atoms with Crippen molar-refractivity contribution in [2.75, 3.05) is 18.5 Å². The predicted octanol–water partition coefficient (Wildman–Crippen LogP) is 2.51. The van der Waals surface area contributed by atoms with Crippen LogP contribution in [0.25, 0.3) is 0 Å². The molecule has 25 heavy (non-hydrogen) atoms. The summed E-state index contributed by atoms with van der Waals surface area (Å²) in [6.07, 6.45) is 3.26. The van der Waals surface area contributed by atoms with Gasteiger partial charge in [-0.05, 0) is 51.3 Å². The third kappa shape index (κ3) is 4.13. The summed E-state index contributed by atoms with van der Waals surface area (Å²) in [7, 11) is 1.66. The van der Waals surface area contributed by atoms with Crippen LogP contribution >= 0.6 is 0 Å². The number of nitrogens with zero attached hydrogens (tertiary/aromatic N) is 4. The first kappa shape index (κ1) is 17.3. The first-order valence-electron chi connectivity index (χ1n) is 8.82. The van der Waals surface area contributed by atoms with Gasteiger partial charge in [-0.1, -0.05) is 6.07 Å². The van der Waals surface area contributed by atoms with Crippen LogP contribution in [0.15, 0.2) is 24.3 Å². The van der Waals surface area contributed by atoms with Gasteiger partial charge in [0.05, 0.1) is 11.7 Å². The van der Waals surface area contributed by atoms with E-state index in [2.05, 4.69) is 26.3 Å². The number of nitrogens with one attached hydrogen (secondary N) is 1. The second kappa shape index (κ2) is 7.59. The van der Waals surface area contributed by atoms with E-state index in [1.54, 1.807) is 7.05 Å². The first-order chi connectivity index (χ1) is 12.1. The molecule has 0 saturated carbocycles. The summed E-state index contributed by atoms with van der Waals surface area (Å²) >= 11 is 0. The Bertz CT molecular complexity index is 741. The first-order valence-corrected chi connectivity index (χ1v) is 8.82. The number of anilines is 1. The molecule has 6 nitrogen and oxygen atoms in total. The number of amides is 1. The van der Waals surface area contributed by atoms with Crippen molar-refractivity contribution in [1.29, 1.82) is 0 Å². The predicted molar refractivity (Wildman–Crippen MR) is 97.5 cm³/mol. The lowest BCUT2D eigenvalue weighted by Crippen LogP contribution is -2.26. The van der Waals surface area contributed by atoms with Crippen molar-refractivity contribution >= 4 is 11.9 Å². The number of carbonyl (C=O) groups is 1. The summed E-state index contributed by atoms with van der Waals surface area (Å²) in [5, 5.41) is 2.65. The fourth-order valence-corrected chi connectivity index (χ4v) is 3.34. The van der Waals surface area contributed by atoms with Gasteiger partial charge >= 0.3 is 0 Å². The molecule has 2 aromatic rings. The molecule has 0 aliphatic carbocycles. The van der Waals surface area contributed by atoms with Crippen LogP contribution in [0, 0.1) is 13.8 Å². The normalized spacial score (nSPS) is 16.9. The molecule has 3 rings (SSSR count). The van der Waals surface area contributed by atoms with Crippen LogP contribution in [0.3, 0.4) is 0 Å². The Labute approximate surface area is 148 Å². The van der Waals surface area contributed by atoms with E-state index in [9.17, 15) is 4.79 Å². The Morgan fingerprint density at radius 3 is 2.72 bits per heavy atom. The molecule has 1 N–H and O–H groups in total. The van der Waals surface area contributed by atoms with Crippen LogP contribution in [-0.4, -0.2) is 34.5 Å². The zero-order chi connectivity index (χ0) is 17.8. The minimum Gasteiger partial charge on any atom is -0.359 e. The number of aromatic nitrogens is 3. The lowest BCUT2D eigenvalue weighted by atomic mass is 10.1. The maximum atomic E-state index is 11.5. The Kier molecular flexibility index (Phi) is 5.26. The summed E-state index contributed by atoms with van der Waals surface area (Å²) in [6.45, 7) is 4.94. The number of rotatable bonds is 5. The quantitative estimate of drug-likeness (QED) is 0.906.